The standard InChI is InChI=1S/C18H28O3.C16H30O3.C16H32O3/c1-7-18(5,6)15(19)21-16(17(2,3)4)20-13-14-11-9-8-10-12-14;1-6-16(4,5)15(17)19-14(12(2)3)18-13-10-8-7-9-11-13;1-10-16(8,9)12(17)19-13(15(5,6)7)18-11-14(2,3)4/h8-12,16H,7,13H2,1-6H3;12-14H,6-11H2,1-5H3;13H,10-11H2,1-9H3. The van der Waals surface area contributed by atoms with Crippen molar-refractivity contribution in [3.63, 3.8) is 0 Å². The fraction of sp³-hybridized carbons (Fsp3) is 0.820. The van der Waals surface area contributed by atoms with Crippen LogP contribution >= 0.6 is 0 Å². The van der Waals surface area contributed by atoms with Gasteiger partial charge in [-0.25, -0.2) is 0 Å². The molecule has 0 N–H and O–H groups in total. The number of carbonyl (C=O) groups excluding carboxylic acids is 3. The molecule has 0 heterocycles. The second-order valence-corrected chi connectivity index (χ2v) is 22.0. The minimum absolute atomic E-state index is 0.0518. The maximum Gasteiger partial charge on any atom is 0.313 e. The van der Waals surface area contributed by atoms with Gasteiger partial charge in [0.25, 0.3) is 0 Å². The summed E-state index contributed by atoms with van der Waals surface area (Å²) in [4.78, 5) is 36.6. The highest BCUT2D eigenvalue weighted by Crippen LogP contribution is 2.32. The lowest BCUT2D eigenvalue weighted by molar-refractivity contribution is -0.218. The molecule has 59 heavy (non-hydrogen) atoms. The van der Waals surface area contributed by atoms with Crippen molar-refractivity contribution >= 4 is 17.9 Å². The minimum Gasteiger partial charge on any atom is -0.435 e. The van der Waals surface area contributed by atoms with E-state index in [1.807, 2.05) is 148 Å². The van der Waals surface area contributed by atoms with Gasteiger partial charge in [0.15, 0.2) is 0 Å². The smallest absolute Gasteiger partial charge is 0.313 e. The molecule has 0 aromatic heterocycles. The molecule has 9 heteroatoms. The predicted molar refractivity (Wildman–Crippen MR) is 240 cm³/mol. The second-order valence-electron chi connectivity index (χ2n) is 22.0. The van der Waals surface area contributed by atoms with Gasteiger partial charge in [0.1, 0.15) is 0 Å². The van der Waals surface area contributed by atoms with Crippen LogP contribution in [0, 0.1) is 38.4 Å². The molecule has 9 nitrogen and oxygen atoms in total. The minimum atomic E-state index is -0.559. The predicted octanol–water partition coefficient (Wildman–Crippen LogP) is 13.3. The van der Waals surface area contributed by atoms with Crippen LogP contribution in [0.5, 0.6) is 0 Å². The third-order valence-electron chi connectivity index (χ3n) is 10.7. The number of carbonyl (C=O) groups is 3. The molecule has 0 spiro atoms. The van der Waals surface area contributed by atoms with E-state index in [0.29, 0.717) is 13.2 Å². The first-order valence-electron chi connectivity index (χ1n) is 22.4. The van der Waals surface area contributed by atoms with Crippen LogP contribution in [0.1, 0.15) is 195 Å². The lowest BCUT2D eigenvalue weighted by Gasteiger charge is -2.34. The highest BCUT2D eigenvalue weighted by molar-refractivity contribution is 5.76. The molecule has 3 atom stereocenters. The van der Waals surface area contributed by atoms with E-state index in [1.54, 1.807) is 0 Å². The Balaban J connectivity index is 0.000000857. The van der Waals surface area contributed by atoms with E-state index in [1.165, 1.54) is 19.3 Å². The highest BCUT2D eigenvalue weighted by Gasteiger charge is 2.37. The Morgan fingerprint density at radius 2 is 0.966 bits per heavy atom. The van der Waals surface area contributed by atoms with E-state index >= 15 is 0 Å². The van der Waals surface area contributed by atoms with Crippen molar-refractivity contribution in [2.45, 2.75) is 221 Å². The van der Waals surface area contributed by atoms with E-state index in [9.17, 15) is 14.4 Å². The summed E-state index contributed by atoms with van der Waals surface area (Å²) in [6, 6.07) is 9.90. The normalized spacial score (nSPS) is 16.1. The van der Waals surface area contributed by atoms with Crippen molar-refractivity contribution in [3.05, 3.63) is 35.9 Å². The summed E-state index contributed by atoms with van der Waals surface area (Å²) >= 11 is 0. The van der Waals surface area contributed by atoms with Crippen LogP contribution in [0.3, 0.4) is 0 Å². The molecule has 1 saturated carbocycles. The van der Waals surface area contributed by atoms with Gasteiger partial charge < -0.3 is 28.4 Å². The first kappa shape index (κ1) is 56.5. The molecule has 3 unspecified atom stereocenters. The zero-order valence-corrected chi connectivity index (χ0v) is 41.5. The summed E-state index contributed by atoms with van der Waals surface area (Å²) in [5.74, 6) is -0.357. The molecule has 344 valence electrons. The molecule has 0 aliphatic heterocycles. The summed E-state index contributed by atoms with van der Waals surface area (Å²) < 4.78 is 34.6. The third kappa shape index (κ3) is 22.8. The number of benzene rings is 1. The molecule has 1 aliphatic carbocycles. The Kier molecular flexibility index (Phi) is 23.8. The Labute approximate surface area is 362 Å². The zero-order valence-electron chi connectivity index (χ0n) is 41.5. The topological polar surface area (TPSA) is 107 Å². The van der Waals surface area contributed by atoms with Gasteiger partial charge in [-0.15, -0.1) is 0 Å². The molecule has 0 radical (unpaired) electrons. The van der Waals surface area contributed by atoms with Crippen LogP contribution in [0.25, 0.3) is 0 Å². The van der Waals surface area contributed by atoms with Gasteiger partial charge in [0.05, 0.1) is 35.6 Å². The number of hydrogen-bond acceptors (Lipinski definition) is 9. The van der Waals surface area contributed by atoms with Crippen molar-refractivity contribution in [2.75, 3.05) is 6.61 Å². The van der Waals surface area contributed by atoms with E-state index in [2.05, 4.69) is 20.8 Å². The molecule has 0 saturated heterocycles. The third-order valence-corrected chi connectivity index (χ3v) is 10.7. The molecule has 1 fully saturated rings. The fourth-order valence-electron chi connectivity index (χ4n) is 4.92. The largest absolute Gasteiger partial charge is 0.435 e. The van der Waals surface area contributed by atoms with Gasteiger partial charge in [-0.05, 0) is 84.6 Å². The van der Waals surface area contributed by atoms with E-state index < -0.39 is 35.1 Å². The lowest BCUT2D eigenvalue weighted by Crippen LogP contribution is -2.39. The highest BCUT2D eigenvalue weighted by atomic mass is 16.7. The van der Waals surface area contributed by atoms with Gasteiger partial charge in [-0.3, -0.25) is 14.4 Å². The lowest BCUT2D eigenvalue weighted by atomic mass is 9.90. The molecular formula is C50H90O9. The average molecular weight is 835 g/mol. The average Bonchev–Trinajstić information content (AvgIpc) is 3.14. The maximum absolute atomic E-state index is 12.3. The first-order chi connectivity index (χ1) is 26.8. The molecule has 0 bridgehead atoms. The molecule has 2 rings (SSSR count). The van der Waals surface area contributed by atoms with Crippen LogP contribution in [0.4, 0.5) is 0 Å². The number of rotatable bonds is 17. The Hall–Kier alpha value is -2.49. The van der Waals surface area contributed by atoms with Crippen molar-refractivity contribution in [1.29, 1.82) is 0 Å². The Morgan fingerprint density at radius 1 is 0.576 bits per heavy atom. The monoisotopic (exact) mass is 835 g/mol. The van der Waals surface area contributed by atoms with Crippen LogP contribution in [-0.4, -0.2) is 49.5 Å². The fourth-order valence-corrected chi connectivity index (χ4v) is 4.92. The van der Waals surface area contributed by atoms with Crippen LogP contribution < -0.4 is 0 Å². The number of ether oxygens (including phenoxy) is 6. The van der Waals surface area contributed by atoms with Crippen molar-refractivity contribution < 1.29 is 42.8 Å². The van der Waals surface area contributed by atoms with Gasteiger partial charge >= 0.3 is 17.9 Å². The zero-order chi connectivity index (χ0) is 46.0. The summed E-state index contributed by atoms with van der Waals surface area (Å²) in [5, 5.41) is 0. The van der Waals surface area contributed by atoms with Crippen LogP contribution in [0.15, 0.2) is 30.3 Å². The number of esters is 3. The molecular weight excluding hydrogens is 745 g/mol. The van der Waals surface area contributed by atoms with Crippen molar-refractivity contribution in [2.24, 2.45) is 38.4 Å². The Morgan fingerprint density at radius 3 is 1.32 bits per heavy atom. The molecule has 0 amide bonds. The van der Waals surface area contributed by atoms with Crippen molar-refractivity contribution in [3.8, 4) is 0 Å². The van der Waals surface area contributed by atoms with E-state index in [4.69, 9.17) is 28.4 Å². The summed E-state index contributed by atoms with van der Waals surface area (Å²) in [7, 11) is 0. The van der Waals surface area contributed by atoms with Gasteiger partial charge in [0.2, 0.25) is 18.9 Å². The number of hydrogen-bond donors (Lipinski definition) is 0. The van der Waals surface area contributed by atoms with Gasteiger partial charge in [-0.2, -0.15) is 0 Å². The molecule has 1 aliphatic rings. The van der Waals surface area contributed by atoms with Gasteiger partial charge in [0, 0.05) is 16.7 Å². The summed E-state index contributed by atoms with van der Waals surface area (Å²) in [5.41, 5.74) is -0.760. The van der Waals surface area contributed by atoms with E-state index in [-0.39, 0.29) is 46.2 Å². The quantitative estimate of drug-likeness (QED) is 0.0861. The van der Waals surface area contributed by atoms with Crippen LogP contribution in [-0.2, 0) is 49.4 Å². The molecule has 1 aromatic rings. The van der Waals surface area contributed by atoms with Crippen molar-refractivity contribution in [1.82, 2.24) is 0 Å². The van der Waals surface area contributed by atoms with Crippen LogP contribution in [0.2, 0.25) is 0 Å². The summed E-state index contributed by atoms with van der Waals surface area (Å²) in [6.45, 7) is 40.9. The summed E-state index contributed by atoms with van der Waals surface area (Å²) in [6.07, 6.45) is 7.00. The first-order valence-corrected chi connectivity index (χ1v) is 22.4. The maximum atomic E-state index is 12.3. The second kappa shape index (κ2) is 24.8. The Bertz CT molecular complexity index is 1340. The van der Waals surface area contributed by atoms with Gasteiger partial charge in [-0.1, -0.05) is 147 Å². The SMILES string of the molecule is CCC(C)(C)C(=O)OC(OC1CCCCC1)C(C)C.CCC(C)(C)C(=O)OC(OCC(C)(C)C)C(C)(C)C.CCC(C)(C)C(=O)OC(OCc1ccccc1)C(C)(C)C. The van der Waals surface area contributed by atoms with E-state index in [0.717, 1.165) is 37.7 Å². The molecule has 1 aromatic carbocycles.